The van der Waals surface area contributed by atoms with Gasteiger partial charge in [0, 0.05) is 11.1 Å². The van der Waals surface area contributed by atoms with Crippen LogP contribution in [0.3, 0.4) is 0 Å². The molecule has 1 rings (SSSR count). The van der Waals surface area contributed by atoms with Gasteiger partial charge in [-0.1, -0.05) is 13.2 Å². The Morgan fingerprint density at radius 3 is 1.93 bits per heavy atom. The summed E-state index contributed by atoms with van der Waals surface area (Å²) in [6.07, 6.45) is -0.960. The third-order valence-corrected chi connectivity index (χ3v) is 3.47. The smallest absolute Gasteiger partial charge is 0.342 e. The molecule has 0 saturated carbocycles. The summed E-state index contributed by atoms with van der Waals surface area (Å²) in [6, 6.07) is 1.82. The van der Waals surface area contributed by atoms with E-state index >= 15 is 0 Å². The summed E-state index contributed by atoms with van der Waals surface area (Å²) in [7, 11) is 0. The highest BCUT2D eigenvalue weighted by molar-refractivity contribution is 6.08. The molecular weight excluding hydrogens is 400 g/mol. The molecule has 0 saturated heterocycles. The molecule has 10 nitrogen and oxygen atoms in total. The Balaban J connectivity index is 3.32. The third kappa shape index (κ3) is 6.03. The molecule has 0 radical (unpaired) electrons. The summed E-state index contributed by atoms with van der Waals surface area (Å²) in [6.45, 7) is 10.5. The Morgan fingerprint density at radius 2 is 1.47 bits per heavy atom. The van der Waals surface area contributed by atoms with Gasteiger partial charge in [-0.25, -0.2) is 24.0 Å². The van der Waals surface area contributed by atoms with E-state index in [0.29, 0.717) is 0 Å². The molecule has 0 aliphatic heterocycles. The minimum Gasteiger partial charge on any atom is -0.478 e. The maximum Gasteiger partial charge on any atom is 0.342 e. The lowest BCUT2D eigenvalue weighted by atomic mass is 10.0. The van der Waals surface area contributed by atoms with Crippen molar-refractivity contribution in [3.05, 3.63) is 53.1 Å². The lowest BCUT2D eigenvalue weighted by Gasteiger charge is -2.17. The summed E-state index contributed by atoms with van der Waals surface area (Å²) in [5, 5.41) is 18.7. The van der Waals surface area contributed by atoms with Crippen LogP contribution < -0.4 is 4.74 Å². The quantitative estimate of drug-likeness (QED) is 0.345. The standard InChI is InChI=1S/C20H20O10/c1-9(2)18(25)28-8-11(5)29-20(27)13-7-6-12(16(21)22)14(17(23)24)15(13)30-19(26)10(3)4/h6-7,11H,1,3,8H2,2,4-5H3,(H,21,22)(H,23,24). The molecule has 160 valence electrons. The van der Waals surface area contributed by atoms with Crippen molar-refractivity contribution in [3.8, 4) is 5.75 Å². The Hall–Kier alpha value is -3.95. The van der Waals surface area contributed by atoms with Crippen molar-refractivity contribution in [3.63, 3.8) is 0 Å². The number of carbonyl (C=O) groups excluding carboxylic acids is 3. The molecule has 0 fully saturated rings. The second kappa shape index (κ2) is 10.0. The topological polar surface area (TPSA) is 154 Å². The van der Waals surface area contributed by atoms with Gasteiger partial charge in [-0.05, 0) is 32.9 Å². The van der Waals surface area contributed by atoms with Gasteiger partial charge in [-0.3, -0.25) is 0 Å². The number of carboxylic acid groups (broad SMARTS) is 2. The van der Waals surface area contributed by atoms with Gasteiger partial charge < -0.3 is 24.4 Å². The minimum atomic E-state index is -1.74. The number of carboxylic acids is 2. The van der Waals surface area contributed by atoms with Gasteiger partial charge in [-0.2, -0.15) is 0 Å². The molecule has 0 bridgehead atoms. The first-order valence-corrected chi connectivity index (χ1v) is 8.41. The number of aromatic carboxylic acids is 2. The maximum absolute atomic E-state index is 12.5. The van der Waals surface area contributed by atoms with Crippen molar-refractivity contribution >= 4 is 29.8 Å². The maximum atomic E-state index is 12.5. The Bertz CT molecular complexity index is 941. The van der Waals surface area contributed by atoms with Crippen molar-refractivity contribution in [2.24, 2.45) is 0 Å². The van der Waals surface area contributed by atoms with Crippen LogP contribution in [0, 0.1) is 0 Å². The molecule has 0 aliphatic rings. The molecule has 0 aliphatic carbocycles. The van der Waals surface area contributed by atoms with Gasteiger partial charge in [0.25, 0.3) is 0 Å². The number of esters is 3. The van der Waals surface area contributed by atoms with E-state index in [1.165, 1.54) is 20.8 Å². The number of benzene rings is 1. The van der Waals surface area contributed by atoms with Crippen LogP contribution in [0.1, 0.15) is 51.8 Å². The Morgan fingerprint density at radius 1 is 0.933 bits per heavy atom. The zero-order valence-electron chi connectivity index (χ0n) is 16.5. The molecule has 1 unspecified atom stereocenters. The second-order valence-corrected chi connectivity index (χ2v) is 6.24. The summed E-state index contributed by atoms with van der Waals surface area (Å²) in [5.41, 5.74) is -2.10. The van der Waals surface area contributed by atoms with Gasteiger partial charge in [0.2, 0.25) is 0 Å². The lowest BCUT2D eigenvalue weighted by Crippen LogP contribution is -2.24. The molecule has 1 atom stereocenters. The van der Waals surface area contributed by atoms with Crippen molar-refractivity contribution in [1.29, 1.82) is 0 Å². The van der Waals surface area contributed by atoms with Crippen LogP contribution in [0.2, 0.25) is 0 Å². The normalized spacial score (nSPS) is 11.0. The van der Waals surface area contributed by atoms with E-state index in [4.69, 9.17) is 14.2 Å². The monoisotopic (exact) mass is 420 g/mol. The zero-order chi connectivity index (χ0) is 23.2. The zero-order valence-corrected chi connectivity index (χ0v) is 16.5. The van der Waals surface area contributed by atoms with Crippen LogP contribution in [-0.4, -0.2) is 52.8 Å². The van der Waals surface area contributed by atoms with Gasteiger partial charge in [0.05, 0.1) is 5.56 Å². The largest absolute Gasteiger partial charge is 0.478 e. The van der Waals surface area contributed by atoms with E-state index in [1.54, 1.807) is 0 Å². The third-order valence-electron chi connectivity index (χ3n) is 3.47. The van der Waals surface area contributed by atoms with Crippen LogP contribution >= 0.6 is 0 Å². The molecule has 0 amide bonds. The molecule has 30 heavy (non-hydrogen) atoms. The number of hydrogen-bond donors (Lipinski definition) is 2. The number of ether oxygens (including phenoxy) is 3. The predicted octanol–water partition coefficient (Wildman–Crippen LogP) is 2.23. The van der Waals surface area contributed by atoms with Gasteiger partial charge in [-0.15, -0.1) is 0 Å². The van der Waals surface area contributed by atoms with Crippen molar-refractivity contribution < 1.29 is 48.4 Å². The molecule has 10 heteroatoms. The highest BCUT2D eigenvalue weighted by Gasteiger charge is 2.30. The molecule has 0 heterocycles. The summed E-state index contributed by atoms with van der Waals surface area (Å²) in [4.78, 5) is 58.9. The van der Waals surface area contributed by atoms with E-state index in [0.717, 1.165) is 12.1 Å². The van der Waals surface area contributed by atoms with Crippen LogP contribution in [0.4, 0.5) is 0 Å². The number of rotatable bonds is 9. The highest BCUT2D eigenvalue weighted by Crippen LogP contribution is 2.30. The average Bonchev–Trinajstić information content (AvgIpc) is 2.64. The fraction of sp³-hybridized carbons (Fsp3) is 0.250. The van der Waals surface area contributed by atoms with Crippen LogP contribution in [-0.2, 0) is 19.1 Å². The summed E-state index contributed by atoms with van der Waals surface area (Å²) >= 11 is 0. The van der Waals surface area contributed by atoms with Gasteiger partial charge >= 0.3 is 29.8 Å². The van der Waals surface area contributed by atoms with E-state index < -0.39 is 58.4 Å². The molecule has 0 aromatic heterocycles. The second-order valence-electron chi connectivity index (χ2n) is 6.24. The molecule has 2 N–H and O–H groups in total. The first-order valence-electron chi connectivity index (χ1n) is 8.41. The van der Waals surface area contributed by atoms with Gasteiger partial charge in [0.1, 0.15) is 23.8 Å². The predicted molar refractivity (Wildman–Crippen MR) is 101 cm³/mol. The van der Waals surface area contributed by atoms with E-state index in [9.17, 15) is 34.2 Å². The fourth-order valence-electron chi connectivity index (χ4n) is 2.02. The van der Waals surface area contributed by atoms with E-state index in [-0.39, 0.29) is 17.8 Å². The number of hydrogen-bond acceptors (Lipinski definition) is 8. The van der Waals surface area contributed by atoms with Crippen LogP contribution in [0.25, 0.3) is 0 Å². The van der Waals surface area contributed by atoms with Gasteiger partial charge in [0.15, 0.2) is 5.75 Å². The molecule has 1 aromatic rings. The highest BCUT2D eigenvalue weighted by atomic mass is 16.6. The molecule has 0 spiro atoms. The summed E-state index contributed by atoms with van der Waals surface area (Å²) < 4.78 is 14.9. The van der Waals surface area contributed by atoms with Crippen LogP contribution in [0.5, 0.6) is 5.75 Å². The first-order chi connectivity index (χ1) is 13.9. The minimum absolute atomic E-state index is 0.119. The van der Waals surface area contributed by atoms with Crippen molar-refractivity contribution in [1.82, 2.24) is 0 Å². The van der Waals surface area contributed by atoms with E-state index in [2.05, 4.69) is 13.2 Å². The van der Waals surface area contributed by atoms with Crippen molar-refractivity contribution in [2.75, 3.05) is 6.61 Å². The fourth-order valence-corrected chi connectivity index (χ4v) is 2.02. The molecular formula is C20H20O10. The summed E-state index contributed by atoms with van der Waals surface area (Å²) in [5.74, 6) is -7.05. The van der Waals surface area contributed by atoms with Crippen molar-refractivity contribution in [2.45, 2.75) is 26.9 Å². The SMILES string of the molecule is C=C(C)C(=O)OCC(C)OC(=O)c1ccc(C(=O)O)c(C(=O)O)c1OC(=O)C(=C)C. The Labute approximate surface area is 171 Å². The van der Waals surface area contributed by atoms with E-state index in [1.807, 2.05) is 0 Å². The number of carbonyl (C=O) groups is 5. The Kier molecular flexibility index (Phi) is 8.04. The average molecular weight is 420 g/mol. The molecule has 1 aromatic carbocycles. The van der Waals surface area contributed by atoms with Crippen LogP contribution in [0.15, 0.2) is 36.4 Å². The lowest BCUT2D eigenvalue weighted by molar-refractivity contribution is -0.141. The first kappa shape index (κ1) is 24.1.